The summed E-state index contributed by atoms with van der Waals surface area (Å²) in [5.41, 5.74) is 7.40. The second kappa shape index (κ2) is 6.59. The topological polar surface area (TPSA) is 88.1 Å². The lowest BCUT2D eigenvalue weighted by atomic mass is 9.81. The summed E-state index contributed by atoms with van der Waals surface area (Å²) in [6, 6.07) is 0.424. The first-order chi connectivity index (χ1) is 12.6. The summed E-state index contributed by atoms with van der Waals surface area (Å²) in [5.74, 6) is 1.03. The van der Waals surface area contributed by atoms with E-state index in [-0.39, 0.29) is 4.75 Å². The van der Waals surface area contributed by atoms with Gasteiger partial charge in [0.1, 0.15) is 11.8 Å². The van der Waals surface area contributed by atoms with Gasteiger partial charge < -0.3 is 19.3 Å². The number of nitrogens with two attached hydrogens (primary N) is 1. The van der Waals surface area contributed by atoms with E-state index in [0.29, 0.717) is 29.4 Å². The molecule has 0 aromatic carbocycles. The molecular formula is C17H24N5O2PS. The molecule has 1 saturated heterocycles. The Balaban J connectivity index is 1.15. The molecule has 3 fully saturated rings. The van der Waals surface area contributed by atoms with Crippen LogP contribution in [0.3, 0.4) is 0 Å². The average molecular weight is 393 g/mol. The fraction of sp³-hybridized carbons (Fsp3) is 0.706. The van der Waals surface area contributed by atoms with E-state index in [1.807, 2.05) is 17.7 Å². The predicted molar refractivity (Wildman–Crippen MR) is 104 cm³/mol. The van der Waals surface area contributed by atoms with Gasteiger partial charge in [-0.25, -0.2) is 15.0 Å². The molecule has 1 aliphatic heterocycles. The summed E-state index contributed by atoms with van der Waals surface area (Å²) in [6.45, 7) is 3.14. The minimum absolute atomic E-state index is 0.279. The number of hydrogen-bond acceptors (Lipinski definition) is 7. The van der Waals surface area contributed by atoms with Gasteiger partial charge in [-0.15, -0.1) is 0 Å². The smallest absolute Gasteiger partial charge is 0.239 e. The van der Waals surface area contributed by atoms with E-state index < -0.39 is 7.58 Å². The van der Waals surface area contributed by atoms with Gasteiger partial charge in [0.15, 0.2) is 11.5 Å². The molecule has 3 atom stereocenters. The van der Waals surface area contributed by atoms with Crippen LogP contribution in [0.1, 0.15) is 51.5 Å². The average Bonchev–Trinajstić information content (AvgIpc) is 3.15. The fourth-order valence-corrected chi connectivity index (χ4v) is 8.66. The Hall–Kier alpha value is -0.950. The van der Waals surface area contributed by atoms with Gasteiger partial charge in [0.25, 0.3) is 0 Å². The number of imidazole rings is 1. The third-order valence-electron chi connectivity index (χ3n) is 5.97. The van der Waals surface area contributed by atoms with Crippen LogP contribution in [0.25, 0.3) is 11.2 Å². The monoisotopic (exact) mass is 393 g/mol. The molecule has 7 nitrogen and oxygen atoms in total. The molecule has 26 heavy (non-hydrogen) atoms. The second-order valence-electron chi connectivity index (χ2n) is 7.84. The van der Waals surface area contributed by atoms with Crippen LogP contribution in [-0.2, 0) is 9.05 Å². The number of nitrogens with zero attached hydrogens (tertiary/aromatic N) is 4. The lowest BCUT2D eigenvalue weighted by molar-refractivity contribution is 0.101. The van der Waals surface area contributed by atoms with Gasteiger partial charge in [-0.1, -0.05) is 24.2 Å². The molecule has 2 N–H and O–H groups in total. The SMILES string of the molecule is CC12CCCCC1OP(OCC1CC(n3cnc4c(N)ncnc43)C1)S2. The molecule has 9 heteroatoms. The summed E-state index contributed by atoms with van der Waals surface area (Å²) in [7, 11) is -0.780. The van der Waals surface area contributed by atoms with E-state index in [0.717, 1.165) is 25.1 Å². The first kappa shape index (κ1) is 17.2. The summed E-state index contributed by atoms with van der Waals surface area (Å²) >= 11 is 1.95. The summed E-state index contributed by atoms with van der Waals surface area (Å²) in [4.78, 5) is 12.7. The molecule has 3 aliphatic rings. The second-order valence-corrected chi connectivity index (χ2v) is 11.3. The zero-order chi connectivity index (χ0) is 17.7. The van der Waals surface area contributed by atoms with Crippen LogP contribution in [0.2, 0.25) is 0 Å². The predicted octanol–water partition coefficient (Wildman–Crippen LogP) is 4.07. The first-order valence-corrected chi connectivity index (χ1v) is 11.9. The maximum Gasteiger partial charge on any atom is 0.239 e. The van der Waals surface area contributed by atoms with Crippen molar-refractivity contribution in [3.8, 4) is 0 Å². The normalized spacial score (nSPS) is 36.8. The van der Waals surface area contributed by atoms with Crippen LogP contribution in [0.5, 0.6) is 0 Å². The zero-order valence-corrected chi connectivity index (χ0v) is 16.6. The van der Waals surface area contributed by atoms with Gasteiger partial charge in [-0.2, -0.15) is 0 Å². The molecule has 0 amide bonds. The van der Waals surface area contributed by atoms with E-state index in [1.165, 1.54) is 32.0 Å². The van der Waals surface area contributed by atoms with Crippen molar-refractivity contribution in [3.05, 3.63) is 12.7 Å². The quantitative estimate of drug-likeness (QED) is 0.784. The Labute approximate surface area is 158 Å². The highest BCUT2D eigenvalue weighted by molar-refractivity contribution is 8.53. The zero-order valence-electron chi connectivity index (χ0n) is 14.9. The van der Waals surface area contributed by atoms with E-state index >= 15 is 0 Å². The summed E-state index contributed by atoms with van der Waals surface area (Å²) in [6.07, 6.45) is 11.0. The number of anilines is 1. The van der Waals surface area contributed by atoms with E-state index in [1.54, 1.807) is 0 Å². The lowest BCUT2D eigenvalue weighted by Gasteiger charge is -2.36. The highest BCUT2D eigenvalue weighted by atomic mass is 32.7. The van der Waals surface area contributed by atoms with Gasteiger partial charge in [-0.05, 0) is 38.5 Å². The molecular weight excluding hydrogens is 369 g/mol. The maximum atomic E-state index is 6.22. The maximum absolute atomic E-state index is 6.22. The Bertz CT molecular complexity index is 814. The number of fused-ring (bicyclic) bond motifs is 2. The van der Waals surface area contributed by atoms with Crippen LogP contribution in [0.4, 0.5) is 5.82 Å². The van der Waals surface area contributed by atoms with Gasteiger partial charge in [0.2, 0.25) is 7.58 Å². The van der Waals surface area contributed by atoms with Crippen molar-refractivity contribution in [2.24, 2.45) is 5.92 Å². The summed E-state index contributed by atoms with van der Waals surface area (Å²) in [5, 5.41) is 0. The molecule has 2 saturated carbocycles. The van der Waals surface area contributed by atoms with Crippen molar-refractivity contribution in [3.63, 3.8) is 0 Å². The van der Waals surface area contributed by atoms with Crippen molar-refractivity contribution in [1.82, 2.24) is 19.5 Å². The van der Waals surface area contributed by atoms with Crippen molar-refractivity contribution in [2.45, 2.75) is 62.3 Å². The van der Waals surface area contributed by atoms with Crippen molar-refractivity contribution in [2.75, 3.05) is 12.3 Å². The van der Waals surface area contributed by atoms with E-state index in [2.05, 4.69) is 26.4 Å². The molecule has 5 rings (SSSR count). The highest BCUT2D eigenvalue weighted by Crippen LogP contribution is 2.69. The van der Waals surface area contributed by atoms with Crippen molar-refractivity contribution < 1.29 is 9.05 Å². The Kier molecular flexibility index (Phi) is 4.35. The van der Waals surface area contributed by atoms with E-state index in [4.69, 9.17) is 14.8 Å². The first-order valence-electron chi connectivity index (χ1n) is 9.34. The Morgan fingerprint density at radius 1 is 1.38 bits per heavy atom. The molecule has 140 valence electrons. The standard InChI is InChI=1S/C17H24N5O2PS/c1-17-5-3-2-4-13(17)24-25(26-17)23-8-11-6-12(7-11)22-10-21-14-15(18)19-9-20-16(14)22/h9-13H,2-8H2,1H3,(H2,18,19,20). The van der Waals surface area contributed by atoms with Crippen LogP contribution in [0, 0.1) is 5.92 Å². The van der Waals surface area contributed by atoms with Crippen LogP contribution < -0.4 is 5.73 Å². The minimum Gasteiger partial charge on any atom is -0.382 e. The molecule has 3 heterocycles. The molecule has 2 aliphatic carbocycles. The minimum atomic E-state index is -0.780. The number of hydrogen-bond donors (Lipinski definition) is 1. The summed E-state index contributed by atoms with van der Waals surface area (Å²) < 4.78 is 14.8. The van der Waals surface area contributed by atoms with E-state index in [9.17, 15) is 0 Å². The van der Waals surface area contributed by atoms with Crippen LogP contribution >= 0.6 is 19.0 Å². The number of nitrogen functional groups attached to an aromatic ring is 1. The largest absolute Gasteiger partial charge is 0.382 e. The van der Waals surface area contributed by atoms with Crippen molar-refractivity contribution in [1.29, 1.82) is 0 Å². The van der Waals surface area contributed by atoms with Gasteiger partial charge in [0, 0.05) is 10.8 Å². The lowest BCUT2D eigenvalue weighted by Crippen LogP contribution is -2.35. The fourth-order valence-electron chi connectivity index (χ4n) is 4.26. The highest BCUT2D eigenvalue weighted by Gasteiger charge is 2.48. The van der Waals surface area contributed by atoms with Crippen LogP contribution in [0.15, 0.2) is 12.7 Å². The molecule has 0 spiro atoms. The van der Waals surface area contributed by atoms with Gasteiger partial charge in [0.05, 0.1) is 19.0 Å². The molecule has 0 radical (unpaired) electrons. The number of rotatable bonds is 4. The molecule has 2 aromatic rings. The van der Waals surface area contributed by atoms with Crippen molar-refractivity contribution >= 4 is 35.9 Å². The molecule has 0 bridgehead atoms. The van der Waals surface area contributed by atoms with Crippen LogP contribution in [-0.4, -0.2) is 37.0 Å². The Morgan fingerprint density at radius 2 is 2.27 bits per heavy atom. The van der Waals surface area contributed by atoms with Gasteiger partial charge >= 0.3 is 0 Å². The number of aromatic nitrogens is 4. The third kappa shape index (κ3) is 2.91. The Morgan fingerprint density at radius 3 is 3.12 bits per heavy atom. The van der Waals surface area contributed by atoms with Gasteiger partial charge in [-0.3, -0.25) is 0 Å². The molecule has 3 unspecified atom stereocenters. The third-order valence-corrected chi connectivity index (χ3v) is 10.1. The molecule has 2 aromatic heterocycles.